The first kappa shape index (κ1) is 22.1. The third kappa shape index (κ3) is 4.73. The Balaban J connectivity index is 1.02. The number of carbonyl (C=O) groups excluding carboxylic acids is 1. The molecule has 3 aliphatic heterocycles. The highest BCUT2D eigenvalue weighted by Crippen LogP contribution is 2.38. The second-order valence-electron chi connectivity index (χ2n) is 10.6. The lowest BCUT2D eigenvalue weighted by molar-refractivity contribution is 0.0679. The van der Waals surface area contributed by atoms with Crippen LogP contribution in [0.4, 0.5) is 0 Å². The van der Waals surface area contributed by atoms with Gasteiger partial charge < -0.3 is 14.8 Å². The van der Waals surface area contributed by atoms with Crippen molar-refractivity contribution in [1.82, 2.24) is 10.2 Å². The molecule has 0 spiro atoms. The fourth-order valence-corrected chi connectivity index (χ4v) is 6.45. The molecule has 2 atom stereocenters. The third-order valence-corrected chi connectivity index (χ3v) is 8.38. The van der Waals surface area contributed by atoms with Crippen LogP contribution in [0.5, 0.6) is 5.75 Å². The standard InChI is InChI=1S/C29H36N2O3/c32-29(21-6-13-27(14-7-21)34-19-28-2-1-15-33-28)30-24-8-5-22-16-20(3-4-23(22)17-24)18-31-25-9-10-26(31)12-11-25/h3-4,6-7,13-14,16,24-26,28H,1-2,5,8-12,15,17-19H2,(H,30,32)/t24-,25-,26+,28-/m0/s1. The lowest BCUT2D eigenvalue weighted by Gasteiger charge is -2.27. The molecule has 3 saturated heterocycles. The van der Waals surface area contributed by atoms with Crippen molar-refractivity contribution in [3.8, 4) is 5.75 Å². The molecule has 2 aromatic carbocycles. The van der Waals surface area contributed by atoms with Gasteiger partial charge >= 0.3 is 0 Å². The molecule has 0 aromatic heterocycles. The van der Waals surface area contributed by atoms with Crippen molar-refractivity contribution in [2.45, 2.75) is 88.6 Å². The quantitative estimate of drug-likeness (QED) is 0.653. The number of nitrogens with zero attached hydrogens (tertiary/aromatic N) is 1. The Kier molecular flexibility index (Phi) is 6.32. The number of hydrogen-bond donors (Lipinski definition) is 1. The minimum absolute atomic E-state index is 0.000236. The van der Waals surface area contributed by atoms with E-state index in [1.807, 2.05) is 24.3 Å². The van der Waals surface area contributed by atoms with Crippen LogP contribution in [0.3, 0.4) is 0 Å². The number of benzene rings is 2. The first-order valence-corrected chi connectivity index (χ1v) is 13.2. The summed E-state index contributed by atoms with van der Waals surface area (Å²) in [7, 11) is 0. The average molecular weight is 461 g/mol. The van der Waals surface area contributed by atoms with E-state index < -0.39 is 0 Å². The number of rotatable bonds is 7. The molecule has 0 unspecified atom stereocenters. The van der Waals surface area contributed by atoms with E-state index in [-0.39, 0.29) is 18.1 Å². The summed E-state index contributed by atoms with van der Waals surface area (Å²) in [6.07, 6.45) is 10.9. The molecule has 1 aliphatic carbocycles. The van der Waals surface area contributed by atoms with Gasteiger partial charge in [0, 0.05) is 36.8 Å². The van der Waals surface area contributed by atoms with Crippen LogP contribution in [0.2, 0.25) is 0 Å². The van der Waals surface area contributed by atoms with E-state index in [0.29, 0.717) is 12.2 Å². The maximum Gasteiger partial charge on any atom is 0.251 e. The van der Waals surface area contributed by atoms with Crippen LogP contribution in [0.15, 0.2) is 42.5 Å². The molecule has 34 heavy (non-hydrogen) atoms. The minimum atomic E-state index is 0.000236. The number of amides is 1. The van der Waals surface area contributed by atoms with Crippen LogP contribution in [-0.2, 0) is 24.1 Å². The fourth-order valence-electron chi connectivity index (χ4n) is 6.45. The second kappa shape index (κ2) is 9.71. The summed E-state index contributed by atoms with van der Waals surface area (Å²) >= 11 is 0. The molecule has 3 fully saturated rings. The van der Waals surface area contributed by atoms with Crippen molar-refractivity contribution in [2.24, 2.45) is 0 Å². The lowest BCUT2D eigenvalue weighted by Crippen LogP contribution is -2.38. The Morgan fingerprint density at radius 1 is 0.971 bits per heavy atom. The maximum absolute atomic E-state index is 12.8. The monoisotopic (exact) mass is 460 g/mol. The van der Waals surface area contributed by atoms with Crippen molar-refractivity contribution in [1.29, 1.82) is 0 Å². The number of ether oxygens (including phenoxy) is 2. The molecular formula is C29H36N2O3. The Morgan fingerprint density at radius 2 is 1.76 bits per heavy atom. The van der Waals surface area contributed by atoms with Crippen molar-refractivity contribution >= 4 is 5.91 Å². The zero-order chi connectivity index (χ0) is 22.9. The van der Waals surface area contributed by atoms with E-state index in [2.05, 4.69) is 28.4 Å². The summed E-state index contributed by atoms with van der Waals surface area (Å²) in [5.74, 6) is 0.789. The Bertz CT molecular complexity index is 995. The Morgan fingerprint density at radius 3 is 2.50 bits per heavy atom. The average Bonchev–Trinajstić information content (AvgIpc) is 3.62. The van der Waals surface area contributed by atoms with Gasteiger partial charge in [0.2, 0.25) is 0 Å². The van der Waals surface area contributed by atoms with Crippen LogP contribution in [0, 0.1) is 0 Å². The van der Waals surface area contributed by atoms with Gasteiger partial charge in [0.05, 0.1) is 6.10 Å². The van der Waals surface area contributed by atoms with Gasteiger partial charge in [0.15, 0.2) is 0 Å². The predicted molar refractivity (Wildman–Crippen MR) is 132 cm³/mol. The zero-order valence-corrected chi connectivity index (χ0v) is 20.0. The van der Waals surface area contributed by atoms with Crippen molar-refractivity contribution in [3.63, 3.8) is 0 Å². The summed E-state index contributed by atoms with van der Waals surface area (Å²) in [5.41, 5.74) is 5.01. The van der Waals surface area contributed by atoms with E-state index in [9.17, 15) is 4.79 Å². The summed E-state index contributed by atoms with van der Waals surface area (Å²) in [4.78, 5) is 15.6. The van der Waals surface area contributed by atoms with Crippen molar-refractivity contribution < 1.29 is 14.3 Å². The molecule has 0 saturated carbocycles. The van der Waals surface area contributed by atoms with Crippen molar-refractivity contribution in [3.05, 3.63) is 64.7 Å². The SMILES string of the molecule is O=C(N[C@H]1CCc2cc(CN3[C@H]4CC[C@@H]3CC4)ccc2C1)c1ccc(OC[C@@H]2CCCO2)cc1. The first-order chi connectivity index (χ1) is 16.7. The van der Waals surface area contributed by atoms with Crippen LogP contribution >= 0.6 is 0 Å². The molecule has 2 aromatic rings. The summed E-state index contributed by atoms with van der Waals surface area (Å²) in [6, 6.07) is 16.4. The van der Waals surface area contributed by atoms with Gasteiger partial charge in [-0.1, -0.05) is 18.2 Å². The van der Waals surface area contributed by atoms with E-state index in [1.165, 1.54) is 42.4 Å². The van der Waals surface area contributed by atoms with Crippen LogP contribution in [-0.4, -0.2) is 48.3 Å². The molecule has 6 rings (SSSR count). The van der Waals surface area contributed by atoms with E-state index >= 15 is 0 Å². The number of fused-ring (bicyclic) bond motifs is 3. The third-order valence-electron chi connectivity index (χ3n) is 8.38. The van der Waals surface area contributed by atoms with E-state index in [4.69, 9.17) is 9.47 Å². The molecule has 2 bridgehead atoms. The van der Waals surface area contributed by atoms with Crippen molar-refractivity contribution in [2.75, 3.05) is 13.2 Å². The van der Waals surface area contributed by atoms with Gasteiger partial charge in [0.1, 0.15) is 12.4 Å². The number of carbonyl (C=O) groups is 1. The summed E-state index contributed by atoms with van der Waals surface area (Å²) in [5, 5.41) is 3.26. The highest BCUT2D eigenvalue weighted by molar-refractivity contribution is 5.94. The smallest absolute Gasteiger partial charge is 0.251 e. The molecule has 4 aliphatic rings. The molecule has 1 amide bonds. The molecule has 180 valence electrons. The topological polar surface area (TPSA) is 50.8 Å². The summed E-state index contributed by atoms with van der Waals surface area (Å²) in [6.45, 7) is 2.52. The van der Waals surface area contributed by atoms with Gasteiger partial charge in [-0.25, -0.2) is 0 Å². The number of aryl methyl sites for hydroxylation is 1. The van der Waals surface area contributed by atoms with Gasteiger partial charge in [-0.05, 0) is 98.7 Å². The largest absolute Gasteiger partial charge is 0.491 e. The second-order valence-corrected chi connectivity index (χ2v) is 10.6. The maximum atomic E-state index is 12.8. The van der Waals surface area contributed by atoms with E-state index in [0.717, 1.165) is 63.1 Å². The van der Waals surface area contributed by atoms with Crippen LogP contribution in [0.1, 0.15) is 72.0 Å². The molecule has 3 heterocycles. The van der Waals surface area contributed by atoms with Gasteiger partial charge in [-0.3, -0.25) is 9.69 Å². The molecular weight excluding hydrogens is 424 g/mol. The molecule has 1 N–H and O–H groups in total. The fraction of sp³-hybridized carbons (Fsp3) is 0.552. The Labute approximate surface area is 202 Å². The zero-order valence-electron chi connectivity index (χ0n) is 20.0. The molecule has 0 radical (unpaired) electrons. The van der Waals surface area contributed by atoms with Gasteiger partial charge in [-0.15, -0.1) is 0 Å². The van der Waals surface area contributed by atoms with E-state index in [1.54, 1.807) is 0 Å². The normalized spacial score (nSPS) is 28.1. The molecule has 5 heteroatoms. The van der Waals surface area contributed by atoms with Crippen LogP contribution < -0.4 is 10.1 Å². The number of nitrogens with one attached hydrogen (secondary N) is 1. The lowest BCUT2D eigenvalue weighted by atomic mass is 9.87. The minimum Gasteiger partial charge on any atom is -0.491 e. The van der Waals surface area contributed by atoms with Gasteiger partial charge in [0.25, 0.3) is 5.91 Å². The van der Waals surface area contributed by atoms with Gasteiger partial charge in [-0.2, -0.15) is 0 Å². The first-order valence-electron chi connectivity index (χ1n) is 13.2. The number of hydrogen-bond acceptors (Lipinski definition) is 4. The highest BCUT2D eigenvalue weighted by Gasteiger charge is 2.38. The molecule has 5 nitrogen and oxygen atoms in total. The van der Waals surface area contributed by atoms with Crippen LogP contribution in [0.25, 0.3) is 0 Å². The highest BCUT2D eigenvalue weighted by atomic mass is 16.5. The predicted octanol–water partition coefficient (Wildman–Crippen LogP) is 4.66. The summed E-state index contributed by atoms with van der Waals surface area (Å²) < 4.78 is 11.4. The Hall–Kier alpha value is -2.37.